The molecular formula is C39H65N5O9. The number of aromatic hydroxyl groups is 1. The van der Waals surface area contributed by atoms with E-state index in [4.69, 9.17) is 14.2 Å². The van der Waals surface area contributed by atoms with E-state index in [1.165, 1.54) is 33.5 Å². The Balaban J connectivity index is 2.28. The van der Waals surface area contributed by atoms with Crippen molar-refractivity contribution < 1.29 is 43.3 Å². The lowest BCUT2D eigenvalue weighted by Gasteiger charge is -2.41. The molecule has 1 aliphatic heterocycles. The molecule has 1 heterocycles. The minimum atomic E-state index is -0.976. The Morgan fingerprint density at radius 2 is 1.62 bits per heavy atom. The summed E-state index contributed by atoms with van der Waals surface area (Å²) in [5.74, 6) is -2.70. The van der Waals surface area contributed by atoms with Gasteiger partial charge in [0.2, 0.25) is 23.6 Å². The van der Waals surface area contributed by atoms with Gasteiger partial charge in [-0.05, 0) is 63.3 Å². The Morgan fingerprint density at radius 3 is 2.13 bits per heavy atom. The molecule has 8 unspecified atom stereocenters. The van der Waals surface area contributed by atoms with E-state index in [9.17, 15) is 29.1 Å². The predicted octanol–water partition coefficient (Wildman–Crippen LogP) is 2.65. The molecule has 4 amide bonds. The van der Waals surface area contributed by atoms with E-state index in [1.54, 1.807) is 56.8 Å². The second-order valence-electron chi connectivity index (χ2n) is 15.1. The summed E-state index contributed by atoms with van der Waals surface area (Å²) in [4.78, 5) is 71.0. The first-order valence-electron chi connectivity index (χ1n) is 18.7. The first-order chi connectivity index (χ1) is 24.9. The van der Waals surface area contributed by atoms with E-state index in [-0.39, 0.29) is 48.1 Å². The van der Waals surface area contributed by atoms with Crippen molar-refractivity contribution in [1.29, 1.82) is 0 Å². The fraction of sp³-hybridized carbons (Fsp3) is 0.718. The summed E-state index contributed by atoms with van der Waals surface area (Å²) in [6, 6.07) is 3.67. The number of methoxy groups -OCH3 is 3. The number of likely N-dealkylation sites (N-methyl/N-ethyl adjacent to an activating group) is 2. The molecule has 0 radical (unpaired) electrons. The van der Waals surface area contributed by atoms with Crippen molar-refractivity contribution in [3.8, 4) is 5.75 Å². The molecule has 14 heteroatoms. The van der Waals surface area contributed by atoms with E-state index in [2.05, 4.69) is 16.0 Å². The van der Waals surface area contributed by atoms with Gasteiger partial charge in [0.1, 0.15) is 17.8 Å². The topological polar surface area (TPSA) is 176 Å². The van der Waals surface area contributed by atoms with Crippen LogP contribution in [0.25, 0.3) is 0 Å². The van der Waals surface area contributed by atoms with Gasteiger partial charge in [-0.1, -0.05) is 53.2 Å². The van der Waals surface area contributed by atoms with Gasteiger partial charge in [-0.3, -0.25) is 19.2 Å². The Bertz CT molecular complexity index is 1370. The van der Waals surface area contributed by atoms with Gasteiger partial charge >= 0.3 is 5.97 Å². The summed E-state index contributed by atoms with van der Waals surface area (Å²) >= 11 is 0. The largest absolute Gasteiger partial charge is 0.508 e. The molecule has 0 aliphatic carbocycles. The number of carbonyl (C=O) groups is 5. The van der Waals surface area contributed by atoms with Crippen molar-refractivity contribution in [3.05, 3.63) is 29.8 Å². The first kappa shape index (κ1) is 45.4. The second-order valence-corrected chi connectivity index (χ2v) is 15.1. The summed E-state index contributed by atoms with van der Waals surface area (Å²) in [5, 5.41) is 18.4. The molecule has 4 N–H and O–H groups in total. The van der Waals surface area contributed by atoms with Crippen LogP contribution in [-0.4, -0.2) is 128 Å². The third-order valence-electron chi connectivity index (χ3n) is 10.8. The quantitative estimate of drug-likeness (QED) is 0.145. The monoisotopic (exact) mass is 747 g/mol. The maximum atomic E-state index is 14.2. The van der Waals surface area contributed by atoms with Gasteiger partial charge in [-0.25, -0.2) is 4.79 Å². The van der Waals surface area contributed by atoms with Crippen LogP contribution in [0.5, 0.6) is 5.75 Å². The number of ether oxygens (including phenoxy) is 3. The van der Waals surface area contributed by atoms with Crippen molar-refractivity contribution in [1.82, 2.24) is 25.8 Å². The summed E-state index contributed by atoms with van der Waals surface area (Å²) in [6.07, 6.45) is 0.834. The summed E-state index contributed by atoms with van der Waals surface area (Å²) in [7, 11) is 7.67. The number of benzene rings is 1. The molecule has 1 saturated heterocycles. The zero-order valence-corrected chi connectivity index (χ0v) is 33.9. The van der Waals surface area contributed by atoms with E-state index in [0.717, 1.165) is 5.56 Å². The molecule has 0 spiro atoms. The first-order valence-corrected chi connectivity index (χ1v) is 18.7. The fourth-order valence-electron chi connectivity index (χ4n) is 6.98. The third kappa shape index (κ3) is 11.9. The van der Waals surface area contributed by atoms with Crippen molar-refractivity contribution in [2.45, 2.75) is 122 Å². The molecule has 1 aromatic rings. The van der Waals surface area contributed by atoms with Crippen molar-refractivity contribution in [2.75, 3.05) is 42.0 Å². The summed E-state index contributed by atoms with van der Waals surface area (Å²) < 4.78 is 16.8. The lowest BCUT2D eigenvalue weighted by Crippen LogP contribution is -2.61. The van der Waals surface area contributed by atoms with Gasteiger partial charge in [0.05, 0.1) is 49.3 Å². The lowest BCUT2D eigenvalue weighted by atomic mass is 9.89. The second kappa shape index (κ2) is 20.6. The van der Waals surface area contributed by atoms with Crippen LogP contribution < -0.4 is 16.0 Å². The Kier molecular flexibility index (Phi) is 17.7. The minimum absolute atomic E-state index is 0.0147. The average Bonchev–Trinajstić information content (AvgIpc) is 3.62. The number of phenolic OH excluding ortho intramolecular Hbond substituents is 1. The van der Waals surface area contributed by atoms with E-state index in [0.29, 0.717) is 25.8 Å². The molecule has 2 rings (SSSR count). The smallest absolute Gasteiger partial charge is 0.328 e. The molecule has 0 bridgehead atoms. The molecule has 53 heavy (non-hydrogen) atoms. The summed E-state index contributed by atoms with van der Waals surface area (Å²) in [6.45, 7) is 13.5. The number of rotatable bonds is 20. The van der Waals surface area contributed by atoms with Crippen LogP contribution in [0, 0.1) is 17.8 Å². The standard InChI is InChI=1S/C39H65N5O9/c1-13-24(4)33(43(9)36(48)32(23(2)3)42-38(50)39(6,7)40-8)30(51-10)22-31(46)44-20-14-15-29(44)34(52-11)25(5)35(47)41-28(37(49)53-12)21-26-16-18-27(45)19-17-26/h16-19,23-25,28-30,32-34,40,45H,13-15,20-22H2,1-12H3,(H,41,47)(H,42,50). The van der Waals surface area contributed by atoms with Crippen LogP contribution in [0.2, 0.25) is 0 Å². The summed E-state index contributed by atoms with van der Waals surface area (Å²) in [5.41, 5.74) is -0.162. The highest BCUT2D eigenvalue weighted by atomic mass is 16.5. The van der Waals surface area contributed by atoms with Crippen LogP contribution >= 0.6 is 0 Å². The zero-order valence-electron chi connectivity index (χ0n) is 33.9. The Hall–Kier alpha value is -3.75. The van der Waals surface area contributed by atoms with Crippen LogP contribution in [0.3, 0.4) is 0 Å². The number of nitrogens with one attached hydrogen (secondary N) is 3. The number of esters is 1. The normalized spacial score (nSPS) is 18.7. The molecule has 8 atom stereocenters. The van der Waals surface area contributed by atoms with Gasteiger partial charge in [0.25, 0.3) is 0 Å². The molecule has 1 aromatic carbocycles. The van der Waals surface area contributed by atoms with Gasteiger partial charge in [0, 0.05) is 34.2 Å². The van der Waals surface area contributed by atoms with Crippen molar-refractivity contribution in [2.24, 2.45) is 17.8 Å². The van der Waals surface area contributed by atoms with Crippen LogP contribution in [0.4, 0.5) is 0 Å². The number of nitrogens with zero attached hydrogens (tertiary/aromatic N) is 2. The maximum absolute atomic E-state index is 14.2. The highest BCUT2D eigenvalue weighted by molar-refractivity contribution is 5.92. The van der Waals surface area contributed by atoms with Gasteiger partial charge in [0.15, 0.2) is 0 Å². The molecule has 0 aromatic heterocycles. The maximum Gasteiger partial charge on any atom is 0.328 e. The van der Waals surface area contributed by atoms with Crippen LogP contribution in [-0.2, 0) is 44.6 Å². The predicted molar refractivity (Wildman–Crippen MR) is 202 cm³/mol. The lowest BCUT2D eigenvalue weighted by molar-refractivity contribution is -0.149. The highest BCUT2D eigenvalue weighted by Crippen LogP contribution is 2.30. The number of likely N-dealkylation sites (tertiary alicyclic amines) is 1. The number of hydrogen-bond acceptors (Lipinski definition) is 10. The highest BCUT2D eigenvalue weighted by Gasteiger charge is 2.43. The van der Waals surface area contributed by atoms with E-state index in [1.807, 2.05) is 27.7 Å². The molecule has 14 nitrogen and oxygen atoms in total. The SMILES string of the molecule is CCC(C)C(C(CC(=O)N1CCCC1C(OC)C(C)C(=O)NC(Cc1ccc(O)cc1)C(=O)OC)OC)N(C)C(=O)C(NC(=O)C(C)(C)NC)C(C)C. The molecule has 0 saturated carbocycles. The number of phenols is 1. The zero-order chi connectivity index (χ0) is 40.2. The van der Waals surface area contributed by atoms with Gasteiger partial charge < -0.3 is 45.1 Å². The Labute approximate surface area is 316 Å². The average molecular weight is 748 g/mol. The Morgan fingerprint density at radius 1 is 1.00 bits per heavy atom. The molecular weight excluding hydrogens is 682 g/mol. The third-order valence-corrected chi connectivity index (χ3v) is 10.8. The van der Waals surface area contributed by atoms with Crippen LogP contribution in [0.15, 0.2) is 24.3 Å². The number of hydrogen-bond donors (Lipinski definition) is 4. The van der Waals surface area contributed by atoms with Gasteiger partial charge in [-0.2, -0.15) is 0 Å². The van der Waals surface area contributed by atoms with E-state index >= 15 is 0 Å². The van der Waals surface area contributed by atoms with Gasteiger partial charge in [-0.15, -0.1) is 0 Å². The fourth-order valence-corrected chi connectivity index (χ4v) is 6.98. The molecule has 1 aliphatic rings. The van der Waals surface area contributed by atoms with Crippen molar-refractivity contribution >= 4 is 29.6 Å². The molecule has 1 fully saturated rings. The van der Waals surface area contributed by atoms with Crippen LogP contribution in [0.1, 0.15) is 79.7 Å². The number of amides is 4. The number of carbonyl (C=O) groups excluding carboxylic acids is 5. The van der Waals surface area contributed by atoms with Crippen molar-refractivity contribution in [3.63, 3.8) is 0 Å². The van der Waals surface area contributed by atoms with E-state index < -0.39 is 59.7 Å². The molecule has 300 valence electrons. The minimum Gasteiger partial charge on any atom is -0.508 e.